The molecule has 0 spiro atoms. The van der Waals surface area contributed by atoms with Gasteiger partial charge in [-0.25, -0.2) is 0 Å². The Morgan fingerprint density at radius 1 is 0.909 bits per heavy atom. The van der Waals surface area contributed by atoms with Crippen molar-refractivity contribution in [2.45, 2.75) is 52.2 Å². The van der Waals surface area contributed by atoms with E-state index >= 15 is 0 Å². The maximum absolute atomic E-state index is 13.0. The van der Waals surface area contributed by atoms with Gasteiger partial charge >= 0.3 is 7.60 Å². The Morgan fingerprint density at radius 3 is 2.30 bits per heavy atom. The van der Waals surface area contributed by atoms with Crippen LogP contribution in [-0.4, -0.2) is 45.5 Å². The van der Waals surface area contributed by atoms with E-state index in [1.165, 1.54) is 11.1 Å². The molecule has 1 unspecified atom stereocenters. The molecule has 3 rings (SSSR count). The zero-order chi connectivity index (χ0) is 24.0. The van der Waals surface area contributed by atoms with E-state index in [9.17, 15) is 4.57 Å². The van der Waals surface area contributed by atoms with Gasteiger partial charge in [0.15, 0.2) is 0 Å². The molecule has 2 N–H and O–H groups in total. The molecule has 2 aromatic rings. The van der Waals surface area contributed by atoms with Crippen molar-refractivity contribution in [3.8, 4) is 16.9 Å². The molecule has 7 nitrogen and oxygen atoms in total. The van der Waals surface area contributed by atoms with Crippen molar-refractivity contribution in [2.24, 2.45) is 0 Å². The lowest BCUT2D eigenvalue weighted by molar-refractivity contribution is 0.0970. The lowest BCUT2D eigenvalue weighted by Crippen LogP contribution is -2.13. The Morgan fingerprint density at radius 2 is 1.64 bits per heavy atom. The van der Waals surface area contributed by atoms with Gasteiger partial charge in [0.25, 0.3) is 0 Å². The van der Waals surface area contributed by atoms with Crippen LogP contribution in [-0.2, 0) is 23.1 Å². The van der Waals surface area contributed by atoms with Gasteiger partial charge in [-0.15, -0.1) is 0 Å². The van der Waals surface area contributed by atoms with Gasteiger partial charge in [-0.1, -0.05) is 12.1 Å². The Kier molecular flexibility index (Phi) is 8.96. The summed E-state index contributed by atoms with van der Waals surface area (Å²) >= 11 is 0. The first kappa shape index (κ1) is 25.7. The predicted molar refractivity (Wildman–Crippen MR) is 131 cm³/mol. The average molecular weight is 478 g/mol. The standard InChI is InChI=1S/C25H36NO6P/c1-17(2)31-33(27,32-18(3)4)16-29-11-10-23-21-8-6-19(26)14-24(21)22-9-7-20(15-25(22)23)30-13-12-28-5/h6-9,14-15,17-18,23H,10-13,16,26H2,1-5H3. The van der Waals surface area contributed by atoms with Gasteiger partial charge in [-0.2, -0.15) is 0 Å². The van der Waals surface area contributed by atoms with Crippen LogP contribution in [0.4, 0.5) is 5.69 Å². The van der Waals surface area contributed by atoms with Crippen LogP contribution in [0.3, 0.4) is 0 Å². The summed E-state index contributed by atoms with van der Waals surface area (Å²) in [4.78, 5) is 0. The fourth-order valence-electron chi connectivity index (χ4n) is 4.10. The number of hydrogen-bond donors (Lipinski definition) is 1. The number of benzene rings is 2. The SMILES string of the molecule is COCCOc1ccc2c(c1)C(CCOCP(=O)(OC(C)C)OC(C)C)c1ccc(N)cc1-2. The molecular weight excluding hydrogens is 441 g/mol. The average Bonchev–Trinajstić information content (AvgIpc) is 3.02. The Balaban J connectivity index is 1.73. The minimum Gasteiger partial charge on any atom is -0.491 e. The molecule has 0 amide bonds. The number of nitrogen functional groups attached to an aromatic ring is 1. The minimum absolute atomic E-state index is 0.0717. The monoisotopic (exact) mass is 477 g/mol. The van der Waals surface area contributed by atoms with Gasteiger partial charge in [-0.3, -0.25) is 4.57 Å². The summed E-state index contributed by atoms with van der Waals surface area (Å²) in [6, 6.07) is 12.2. The highest BCUT2D eigenvalue weighted by Crippen LogP contribution is 2.51. The molecule has 0 saturated heterocycles. The van der Waals surface area contributed by atoms with Gasteiger partial charge in [0, 0.05) is 25.3 Å². The van der Waals surface area contributed by atoms with Crippen LogP contribution in [0.5, 0.6) is 5.75 Å². The number of anilines is 1. The summed E-state index contributed by atoms with van der Waals surface area (Å²) in [6.45, 7) is 8.77. The van der Waals surface area contributed by atoms with E-state index in [2.05, 4.69) is 18.2 Å². The molecule has 0 aliphatic heterocycles. The summed E-state index contributed by atoms with van der Waals surface area (Å²) < 4.78 is 40.9. The van der Waals surface area contributed by atoms with E-state index in [0.717, 1.165) is 29.0 Å². The molecule has 0 fully saturated rings. The number of hydrogen-bond acceptors (Lipinski definition) is 7. The number of ether oxygens (including phenoxy) is 3. The number of rotatable bonds is 13. The second-order valence-electron chi connectivity index (χ2n) is 8.73. The zero-order valence-electron chi connectivity index (χ0n) is 20.2. The van der Waals surface area contributed by atoms with Gasteiger partial charge in [0.05, 0.1) is 18.8 Å². The first-order valence-corrected chi connectivity index (χ1v) is 13.1. The Bertz CT molecular complexity index is 963. The van der Waals surface area contributed by atoms with Crippen molar-refractivity contribution in [3.63, 3.8) is 0 Å². The van der Waals surface area contributed by atoms with Crippen LogP contribution in [0, 0.1) is 0 Å². The van der Waals surface area contributed by atoms with Crippen molar-refractivity contribution >= 4 is 13.3 Å². The first-order chi connectivity index (χ1) is 15.7. The van der Waals surface area contributed by atoms with E-state index in [1.807, 2.05) is 45.9 Å². The lowest BCUT2D eigenvalue weighted by atomic mass is 9.94. The third-order valence-corrected chi connectivity index (χ3v) is 7.23. The van der Waals surface area contributed by atoms with Crippen LogP contribution in [0.2, 0.25) is 0 Å². The van der Waals surface area contributed by atoms with E-state index in [1.54, 1.807) is 7.11 Å². The summed E-state index contributed by atoms with van der Waals surface area (Å²) in [5.41, 5.74) is 11.5. The fourth-order valence-corrected chi connectivity index (χ4v) is 5.91. The molecule has 0 radical (unpaired) electrons. The largest absolute Gasteiger partial charge is 0.491 e. The van der Waals surface area contributed by atoms with Gasteiger partial charge in [0.2, 0.25) is 0 Å². The summed E-state index contributed by atoms with van der Waals surface area (Å²) in [6.07, 6.45) is 0.217. The van der Waals surface area contributed by atoms with Crippen molar-refractivity contribution in [1.29, 1.82) is 0 Å². The molecule has 0 saturated carbocycles. The van der Waals surface area contributed by atoms with Crippen LogP contribution < -0.4 is 10.5 Å². The molecule has 182 valence electrons. The molecule has 0 aromatic heterocycles. The second kappa shape index (κ2) is 11.5. The maximum atomic E-state index is 13.0. The highest BCUT2D eigenvalue weighted by atomic mass is 31.2. The molecule has 33 heavy (non-hydrogen) atoms. The van der Waals surface area contributed by atoms with E-state index < -0.39 is 7.60 Å². The second-order valence-corrected chi connectivity index (χ2v) is 10.6. The highest BCUT2D eigenvalue weighted by Gasteiger charge is 2.31. The van der Waals surface area contributed by atoms with E-state index in [-0.39, 0.29) is 24.5 Å². The maximum Gasteiger partial charge on any atom is 0.356 e. The third kappa shape index (κ3) is 6.81. The highest BCUT2D eigenvalue weighted by molar-refractivity contribution is 7.53. The molecule has 1 aliphatic carbocycles. The number of methoxy groups -OCH3 is 1. The van der Waals surface area contributed by atoms with E-state index in [0.29, 0.717) is 19.8 Å². The first-order valence-electron chi connectivity index (χ1n) is 11.4. The molecule has 0 heterocycles. The van der Waals surface area contributed by atoms with Crippen LogP contribution in [0.25, 0.3) is 11.1 Å². The Labute approximate surface area is 197 Å². The molecule has 1 atom stereocenters. The third-order valence-electron chi connectivity index (χ3n) is 5.24. The van der Waals surface area contributed by atoms with Crippen molar-refractivity contribution in [3.05, 3.63) is 47.5 Å². The van der Waals surface area contributed by atoms with E-state index in [4.69, 9.17) is 29.0 Å². The zero-order valence-corrected chi connectivity index (χ0v) is 21.1. The van der Waals surface area contributed by atoms with Gasteiger partial charge in [-0.05, 0) is 80.6 Å². The summed E-state index contributed by atoms with van der Waals surface area (Å²) in [7, 11) is -1.67. The van der Waals surface area contributed by atoms with Crippen LogP contribution in [0.15, 0.2) is 36.4 Å². The molecule has 8 heteroatoms. The van der Waals surface area contributed by atoms with Gasteiger partial charge < -0.3 is 29.0 Å². The van der Waals surface area contributed by atoms with Crippen molar-refractivity contribution in [1.82, 2.24) is 0 Å². The lowest BCUT2D eigenvalue weighted by Gasteiger charge is -2.23. The smallest absolute Gasteiger partial charge is 0.356 e. The molecule has 2 aromatic carbocycles. The van der Waals surface area contributed by atoms with Crippen molar-refractivity contribution in [2.75, 3.05) is 39.0 Å². The van der Waals surface area contributed by atoms with Crippen molar-refractivity contribution < 1.29 is 27.8 Å². The summed E-state index contributed by atoms with van der Waals surface area (Å²) in [5, 5.41) is 0. The number of nitrogens with two attached hydrogens (primary N) is 1. The molecule has 0 bridgehead atoms. The van der Waals surface area contributed by atoms with Gasteiger partial charge in [0.1, 0.15) is 18.7 Å². The normalized spacial score (nSPS) is 15.2. The summed E-state index contributed by atoms with van der Waals surface area (Å²) in [5.74, 6) is 0.927. The number of fused-ring (bicyclic) bond motifs is 3. The quantitative estimate of drug-likeness (QED) is 0.221. The predicted octanol–water partition coefficient (Wildman–Crippen LogP) is 5.81. The van der Waals surface area contributed by atoms with Crippen LogP contribution in [0.1, 0.15) is 51.2 Å². The topological polar surface area (TPSA) is 89.2 Å². The molecule has 1 aliphatic rings. The molecular formula is C25H36NO6P. The minimum atomic E-state index is -3.33. The fraction of sp³-hybridized carbons (Fsp3) is 0.520. The Hall–Kier alpha value is -1.89. The van der Waals surface area contributed by atoms with Crippen LogP contribution >= 0.6 is 7.60 Å².